The van der Waals surface area contributed by atoms with Crippen molar-refractivity contribution in [3.63, 3.8) is 0 Å². The third-order valence-electron chi connectivity index (χ3n) is 3.70. The summed E-state index contributed by atoms with van der Waals surface area (Å²) in [6.07, 6.45) is 0. The van der Waals surface area contributed by atoms with E-state index in [1.807, 2.05) is 38.1 Å². The molecular formula is C18H19N3O2S2. The Balaban J connectivity index is 1.71. The maximum absolute atomic E-state index is 12.4. The Hall–Kier alpha value is -2.22. The van der Waals surface area contributed by atoms with Crippen LogP contribution in [0.1, 0.15) is 12.5 Å². The van der Waals surface area contributed by atoms with Crippen LogP contribution >= 0.6 is 11.8 Å². The van der Waals surface area contributed by atoms with Crippen LogP contribution in [0.4, 0.5) is 5.69 Å². The van der Waals surface area contributed by atoms with Crippen molar-refractivity contribution in [3.05, 3.63) is 77.0 Å². The fourth-order valence-electron chi connectivity index (χ4n) is 2.35. The van der Waals surface area contributed by atoms with Gasteiger partial charge in [0.25, 0.3) is 10.0 Å². The highest BCUT2D eigenvalue weighted by Crippen LogP contribution is 2.41. The van der Waals surface area contributed by atoms with Crippen LogP contribution in [0.2, 0.25) is 0 Å². The number of hydrogen-bond acceptors (Lipinski definition) is 5. The molecule has 5 nitrogen and oxygen atoms in total. The average molecular weight is 374 g/mol. The first-order valence-electron chi connectivity index (χ1n) is 7.65. The van der Waals surface area contributed by atoms with Crippen molar-refractivity contribution < 1.29 is 8.42 Å². The summed E-state index contributed by atoms with van der Waals surface area (Å²) in [5.74, 6) is 0. The molecular weight excluding hydrogens is 354 g/mol. The molecule has 25 heavy (non-hydrogen) atoms. The molecule has 130 valence electrons. The van der Waals surface area contributed by atoms with Gasteiger partial charge in [0.1, 0.15) is 0 Å². The molecule has 0 atom stereocenters. The third kappa shape index (κ3) is 3.89. The molecule has 0 saturated heterocycles. The van der Waals surface area contributed by atoms with Gasteiger partial charge in [0.15, 0.2) is 0 Å². The maximum atomic E-state index is 12.4. The molecule has 1 aliphatic rings. The zero-order valence-corrected chi connectivity index (χ0v) is 15.6. The van der Waals surface area contributed by atoms with E-state index in [-0.39, 0.29) is 4.90 Å². The van der Waals surface area contributed by atoms with E-state index in [2.05, 4.69) is 22.2 Å². The summed E-state index contributed by atoms with van der Waals surface area (Å²) < 4.78 is 24.7. The summed E-state index contributed by atoms with van der Waals surface area (Å²) in [6.45, 7) is 7.79. The number of fused-ring (bicyclic) bond motifs is 1. The topological polar surface area (TPSA) is 70.2 Å². The van der Waals surface area contributed by atoms with E-state index in [4.69, 9.17) is 0 Å². The van der Waals surface area contributed by atoms with Gasteiger partial charge in [0.2, 0.25) is 0 Å². The normalized spacial score (nSPS) is 13.8. The van der Waals surface area contributed by atoms with Gasteiger partial charge in [0.05, 0.1) is 21.2 Å². The lowest BCUT2D eigenvalue weighted by Gasteiger charge is -2.23. The first-order valence-corrected chi connectivity index (χ1v) is 9.95. The van der Waals surface area contributed by atoms with Gasteiger partial charge in [-0.25, -0.2) is 8.42 Å². The fraction of sp³-hybridized carbons (Fsp3) is 0.111. The van der Waals surface area contributed by atoms with Crippen LogP contribution in [0.25, 0.3) is 0 Å². The molecule has 3 rings (SSSR count). The Kier molecular flexibility index (Phi) is 4.89. The van der Waals surface area contributed by atoms with Crippen LogP contribution in [0, 0.1) is 6.92 Å². The number of hydrogen-bond donors (Lipinski definition) is 3. The zero-order chi connectivity index (χ0) is 18.0. The van der Waals surface area contributed by atoms with Crippen LogP contribution in [0.5, 0.6) is 0 Å². The number of thioether (sulfide) groups is 1. The molecule has 0 fully saturated rings. The van der Waals surface area contributed by atoms with Crippen molar-refractivity contribution in [2.75, 3.05) is 5.32 Å². The van der Waals surface area contributed by atoms with Crippen molar-refractivity contribution in [3.8, 4) is 0 Å². The second-order valence-electron chi connectivity index (χ2n) is 5.70. The fourth-order valence-corrected chi connectivity index (χ4v) is 4.20. The van der Waals surface area contributed by atoms with Crippen LogP contribution < -0.4 is 15.6 Å². The predicted molar refractivity (Wildman–Crippen MR) is 102 cm³/mol. The lowest BCUT2D eigenvalue weighted by atomic mass is 10.2. The Morgan fingerprint density at radius 3 is 2.48 bits per heavy atom. The quantitative estimate of drug-likeness (QED) is 0.697. The molecule has 0 radical (unpaired) electrons. The number of sulfonamides is 1. The first-order chi connectivity index (χ1) is 11.9. The SMILES string of the molecule is C=C(NNS(=O)(=O)c1ccc(C)cc1)C1=C(C)Nc2ccccc2S1. The van der Waals surface area contributed by atoms with Gasteiger partial charge in [-0.3, -0.25) is 0 Å². The van der Waals surface area contributed by atoms with E-state index < -0.39 is 10.0 Å². The highest BCUT2D eigenvalue weighted by atomic mass is 32.2. The summed E-state index contributed by atoms with van der Waals surface area (Å²) in [5, 5.41) is 3.31. The number of anilines is 1. The van der Waals surface area contributed by atoms with E-state index in [0.717, 1.165) is 26.7 Å². The highest BCUT2D eigenvalue weighted by molar-refractivity contribution is 8.03. The molecule has 0 aliphatic carbocycles. The monoisotopic (exact) mass is 373 g/mol. The number of hydrazine groups is 1. The highest BCUT2D eigenvalue weighted by Gasteiger charge is 2.19. The first kappa shape index (κ1) is 17.6. The lowest BCUT2D eigenvalue weighted by Crippen LogP contribution is -2.37. The van der Waals surface area contributed by atoms with Gasteiger partial charge in [-0.1, -0.05) is 48.2 Å². The van der Waals surface area contributed by atoms with Gasteiger partial charge in [-0.05, 0) is 38.1 Å². The summed E-state index contributed by atoms with van der Waals surface area (Å²) in [5.41, 5.74) is 6.14. The molecule has 0 unspecified atom stereocenters. The smallest absolute Gasteiger partial charge is 0.257 e. The Morgan fingerprint density at radius 2 is 1.76 bits per heavy atom. The second-order valence-corrected chi connectivity index (χ2v) is 8.43. The second kappa shape index (κ2) is 6.95. The van der Waals surface area contributed by atoms with E-state index >= 15 is 0 Å². The molecule has 2 aromatic rings. The molecule has 7 heteroatoms. The van der Waals surface area contributed by atoms with Crippen LogP contribution in [0.15, 0.2) is 81.2 Å². The number of allylic oxidation sites excluding steroid dienone is 1. The lowest BCUT2D eigenvalue weighted by molar-refractivity contribution is 0.572. The minimum Gasteiger partial charge on any atom is -0.357 e. The molecule has 0 bridgehead atoms. The van der Waals surface area contributed by atoms with Crippen molar-refractivity contribution >= 4 is 27.5 Å². The van der Waals surface area contributed by atoms with E-state index in [9.17, 15) is 8.42 Å². The molecule has 0 spiro atoms. The Labute approximate surface area is 152 Å². The molecule has 1 heterocycles. The molecule has 3 N–H and O–H groups in total. The molecule has 2 aromatic carbocycles. The Morgan fingerprint density at radius 1 is 1.08 bits per heavy atom. The number of benzene rings is 2. The van der Waals surface area contributed by atoms with E-state index in [0.29, 0.717) is 5.70 Å². The predicted octanol–water partition coefficient (Wildman–Crippen LogP) is 3.74. The number of para-hydroxylation sites is 1. The third-order valence-corrected chi connectivity index (χ3v) is 6.30. The van der Waals surface area contributed by atoms with Crippen LogP contribution in [-0.4, -0.2) is 8.42 Å². The van der Waals surface area contributed by atoms with Crippen molar-refractivity contribution in [2.45, 2.75) is 23.6 Å². The largest absolute Gasteiger partial charge is 0.357 e. The van der Waals surface area contributed by atoms with Gasteiger partial charge in [-0.2, -0.15) is 0 Å². The van der Waals surface area contributed by atoms with Gasteiger partial charge in [0, 0.05) is 10.6 Å². The van der Waals surface area contributed by atoms with Crippen molar-refractivity contribution in [1.29, 1.82) is 0 Å². The summed E-state index contributed by atoms with van der Waals surface area (Å²) >= 11 is 1.54. The Bertz CT molecular complexity index is 949. The maximum Gasteiger partial charge on any atom is 0.257 e. The van der Waals surface area contributed by atoms with Gasteiger partial charge in [-0.15, -0.1) is 4.83 Å². The molecule has 0 saturated carbocycles. The van der Waals surface area contributed by atoms with Gasteiger partial charge < -0.3 is 10.7 Å². The molecule has 1 aliphatic heterocycles. The zero-order valence-electron chi connectivity index (χ0n) is 14.0. The van der Waals surface area contributed by atoms with Gasteiger partial charge >= 0.3 is 0 Å². The molecule has 0 aromatic heterocycles. The van der Waals surface area contributed by atoms with Crippen molar-refractivity contribution in [2.24, 2.45) is 0 Å². The minimum atomic E-state index is -3.66. The number of aryl methyl sites for hydroxylation is 1. The number of rotatable bonds is 5. The average Bonchev–Trinajstić information content (AvgIpc) is 2.59. The molecule has 0 amide bonds. The van der Waals surface area contributed by atoms with E-state index in [1.165, 1.54) is 0 Å². The number of nitrogens with one attached hydrogen (secondary N) is 3. The standard InChI is InChI=1S/C18H19N3O2S2/c1-12-8-10-15(11-9-12)25(22,23)21-20-14(3)18-13(2)19-16-6-4-5-7-17(16)24-18/h4-11,19-21H,3H2,1-2H3. The summed E-state index contributed by atoms with van der Waals surface area (Å²) in [4.78, 5) is 4.50. The summed E-state index contributed by atoms with van der Waals surface area (Å²) in [7, 11) is -3.66. The summed E-state index contributed by atoms with van der Waals surface area (Å²) in [6, 6.07) is 14.6. The van der Waals surface area contributed by atoms with Crippen molar-refractivity contribution in [1.82, 2.24) is 10.3 Å². The van der Waals surface area contributed by atoms with Crippen LogP contribution in [0.3, 0.4) is 0 Å². The minimum absolute atomic E-state index is 0.198. The van der Waals surface area contributed by atoms with E-state index in [1.54, 1.807) is 36.0 Å². The van der Waals surface area contributed by atoms with Crippen LogP contribution in [-0.2, 0) is 10.0 Å².